The number of amides is 1. The molecule has 1 unspecified atom stereocenters. The van der Waals surface area contributed by atoms with Crippen LogP contribution in [0.1, 0.15) is 24.5 Å². The van der Waals surface area contributed by atoms with E-state index in [1.54, 1.807) is 0 Å². The van der Waals surface area contributed by atoms with Crippen LogP contribution in [0.25, 0.3) is 0 Å². The first-order valence-corrected chi connectivity index (χ1v) is 8.69. The van der Waals surface area contributed by atoms with Gasteiger partial charge in [0.1, 0.15) is 18.5 Å². The Morgan fingerprint density at radius 2 is 2.21 bits per heavy atom. The molecule has 0 bridgehead atoms. The van der Waals surface area contributed by atoms with Gasteiger partial charge in [-0.3, -0.25) is 4.79 Å². The molecule has 24 heavy (non-hydrogen) atoms. The van der Waals surface area contributed by atoms with E-state index in [1.165, 1.54) is 0 Å². The van der Waals surface area contributed by atoms with E-state index in [9.17, 15) is 4.79 Å². The Labute approximate surface area is 142 Å². The number of hydrogen-bond acceptors (Lipinski definition) is 6. The third-order valence-corrected chi connectivity index (χ3v) is 4.53. The number of hydrogen-bond donors (Lipinski definition) is 0. The third kappa shape index (κ3) is 4.12. The Balaban J connectivity index is 1.54. The maximum Gasteiger partial charge on any atom is 0.251 e. The molecule has 2 aliphatic rings. The predicted molar refractivity (Wildman–Crippen MR) is 87.5 cm³/mol. The molecule has 134 valence electrons. The zero-order valence-electron chi connectivity index (χ0n) is 14.6. The fourth-order valence-corrected chi connectivity index (χ4v) is 3.10. The van der Waals surface area contributed by atoms with Gasteiger partial charge in [0.15, 0.2) is 5.82 Å². The molecule has 8 heteroatoms. The van der Waals surface area contributed by atoms with Crippen LogP contribution in [0.4, 0.5) is 0 Å². The highest BCUT2D eigenvalue weighted by Crippen LogP contribution is 2.17. The van der Waals surface area contributed by atoms with Crippen molar-refractivity contribution in [3.8, 4) is 0 Å². The van der Waals surface area contributed by atoms with Gasteiger partial charge < -0.3 is 23.8 Å². The average Bonchev–Trinajstić information content (AvgIpc) is 3.17. The number of carbonyl (C=O) groups is 1. The summed E-state index contributed by atoms with van der Waals surface area (Å²) >= 11 is 0. The third-order valence-electron chi connectivity index (χ3n) is 4.53. The summed E-state index contributed by atoms with van der Waals surface area (Å²) < 4.78 is 13.3. The minimum atomic E-state index is -0.248. The van der Waals surface area contributed by atoms with E-state index in [4.69, 9.17) is 9.47 Å². The normalized spacial score (nSPS) is 21.1. The zero-order valence-corrected chi connectivity index (χ0v) is 14.6. The maximum atomic E-state index is 12.5. The maximum absolute atomic E-state index is 12.5. The van der Waals surface area contributed by atoms with Gasteiger partial charge in [0.2, 0.25) is 0 Å². The molecular formula is C16H27N5O3. The Bertz CT molecular complexity index is 554. The van der Waals surface area contributed by atoms with Gasteiger partial charge in [-0.2, -0.15) is 0 Å². The minimum absolute atomic E-state index is 0.120. The highest BCUT2D eigenvalue weighted by molar-refractivity contribution is 5.81. The summed E-state index contributed by atoms with van der Waals surface area (Å²) in [4.78, 5) is 16.5. The summed E-state index contributed by atoms with van der Waals surface area (Å²) in [6.45, 7) is 4.77. The molecule has 0 radical (unpaired) electrons. The molecule has 1 saturated heterocycles. The second kappa shape index (κ2) is 8.04. The van der Waals surface area contributed by atoms with Crippen LogP contribution < -0.4 is 0 Å². The molecule has 1 aromatic rings. The van der Waals surface area contributed by atoms with Crippen molar-refractivity contribution in [3.05, 3.63) is 11.6 Å². The molecule has 0 saturated carbocycles. The highest BCUT2D eigenvalue weighted by Gasteiger charge is 2.30. The molecule has 0 N–H and O–H groups in total. The van der Waals surface area contributed by atoms with E-state index in [1.807, 2.05) is 19.0 Å². The van der Waals surface area contributed by atoms with Gasteiger partial charge in [0, 0.05) is 39.2 Å². The Kier molecular flexibility index (Phi) is 5.80. The molecule has 1 fully saturated rings. The lowest BCUT2D eigenvalue weighted by Gasteiger charge is -2.23. The highest BCUT2D eigenvalue weighted by atomic mass is 16.5. The van der Waals surface area contributed by atoms with Crippen LogP contribution in [0.5, 0.6) is 0 Å². The van der Waals surface area contributed by atoms with E-state index in [-0.39, 0.29) is 12.0 Å². The van der Waals surface area contributed by atoms with E-state index in [0.29, 0.717) is 39.5 Å². The lowest BCUT2D eigenvalue weighted by atomic mass is 10.2. The van der Waals surface area contributed by atoms with Gasteiger partial charge in [0.05, 0.1) is 6.61 Å². The summed E-state index contributed by atoms with van der Waals surface area (Å²) in [5.74, 6) is 1.90. The average molecular weight is 337 g/mol. The Hall–Kier alpha value is -1.51. The van der Waals surface area contributed by atoms with Gasteiger partial charge in [-0.1, -0.05) is 0 Å². The van der Waals surface area contributed by atoms with Crippen LogP contribution in [0.2, 0.25) is 0 Å². The number of rotatable bonds is 6. The van der Waals surface area contributed by atoms with Gasteiger partial charge in [-0.25, -0.2) is 0 Å². The van der Waals surface area contributed by atoms with Crippen LogP contribution in [0.15, 0.2) is 0 Å². The van der Waals surface area contributed by atoms with E-state index < -0.39 is 0 Å². The molecule has 1 atom stereocenters. The number of fused-ring (bicyclic) bond motifs is 1. The number of ether oxygens (including phenoxy) is 2. The molecule has 0 aliphatic carbocycles. The van der Waals surface area contributed by atoms with Crippen LogP contribution in [0.3, 0.4) is 0 Å². The SMILES string of the molecule is CN(C)CCOCc1nnc2n1CCN(C(=O)C1CCCO1)CC2. The van der Waals surface area contributed by atoms with Crippen LogP contribution in [-0.4, -0.2) is 83.5 Å². The van der Waals surface area contributed by atoms with Crippen molar-refractivity contribution in [1.82, 2.24) is 24.6 Å². The molecule has 1 aromatic heterocycles. The summed E-state index contributed by atoms with van der Waals surface area (Å²) in [5.41, 5.74) is 0. The van der Waals surface area contributed by atoms with Crippen molar-refractivity contribution < 1.29 is 14.3 Å². The summed E-state index contributed by atoms with van der Waals surface area (Å²) in [5, 5.41) is 8.52. The molecule has 0 spiro atoms. The van der Waals surface area contributed by atoms with E-state index in [0.717, 1.165) is 37.5 Å². The predicted octanol–water partition coefficient (Wildman–Crippen LogP) is -0.0800. The van der Waals surface area contributed by atoms with Gasteiger partial charge in [-0.15, -0.1) is 10.2 Å². The number of carbonyl (C=O) groups excluding carboxylic acids is 1. The summed E-state index contributed by atoms with van der Waals surface area (Å²) in [6, 6.07) is 0. The largest absolute Gasteiger partial charge is 0.372 e. The Morgan fingerprint density at radius 3 is 2.96 bits per heavy atom. The Morgan fingerprint density at radius 1 is 1.33 bits per heavy atom. The summed E-state index contributed by atoms with van der Waals surface area (Å²) in [7, 11) is 4.04. The monoisotopic (exact) mass is 337 g/mol. The first-order chi connectivity index (χ1) is 11.6. The van der Waals surface area contributed by atoms with Crippen LogP contribution in [0, 0.1) is 0 Å². The van der Waals surface area contributed by atoms with Gasteiger partial charge in [0.25, 0.3) is 5.91 Å². The van der Waals surface area contributed by atoms with Crippen molar-refractivity contribution in [1.29, 1.82) is 0 Å². The standard InChI is InChI=1S/C16H27N5O3/c1-19(2)9-11-23-12-15-18-17-14-5-6-20(7-8-21(14)15)16(22)13-4-3-10-24-13/h13H,3-12H2,1-2H3. The minimum Gasteiger partial charge on any atom is -0.372 e. The lowest BCUT2D eigenvalue weighted by molar-refractivity contribution is -0.140. The smallest absolute Gasteiger partial charge is 0.251 e. The van der Waals surface area contributed by atoms with Gasteiger partial charge in [-0.05, 0) is 26.9 Å². The van der Waals surface area contributed by atoms with Gasteiger partial charge >= 0.3 is 0 Å². The fourth-order valence-electron chi connectivity index (χ4n) is 3.10. The molecule has 0 aromatic carbocycles. The topological polar surface area (TPSA) is 72.7 Å². The first kappa shape index (κ1) is 17.3. The molecule has 3 rings (SSSR count). The number of aromatic nitrogens is 3. The van der Waals surface area contributed by atoms with Crippen molar-refractivity contribution in [2.24, 2.45) is 0 Å². The fraction of sp³-hybridized carbons (Fsp3) is 0.812. The zero-order chi connectivity index (χ0) is 16.9. The van der Waals surface area contributed by atoms with E-state index in [2.05, 4.69) is 19.7 Å². The molecule has 2 aliphatic heterocycles. The molecule has 3 heterocycles. The number of likely N-dealkylation sites (N-methyl/N-ethyl adjacent to an activating group) is 1. The van der Waals surface area contributed by atoms with Crippen LogP contribution in [-0.2, 0) is 33.8 Å². The molecule has 8 nitrogen and oxygen atoms in total. The quantitative estimate of drug-likeness (QED) is 0.676. The summed E-state index contributed by atoms with van der Waals surface area (Å²) in [6.07, 6.45) is 2.29. The molecule has 1 amide bonds. The van der Waals surface area contributed by atoms with Crippen molar-refractivity contribution >= 4 is 5.91 Å². The number of nitrogens with zero attached hydrogens (tertiary/aromatic N) is 5. The van der Waals surface area contributed by atoms with Crippen LogP contribution >= 0.6 is 0 Å². The van der Waals surface area contributed by atoms with Crippen molar-refractivity contribution in [3.63, 3.8) is 0 Å². The lowest BCUT2D eigenvalue weighted by Crippen LogP contribution is -2.40. The second-order valence-electron chi connectivity index (χ2n) is 6.62. The van der Waals surface area contributed by atoms with Crippen molar-refractivity contribution in [2.75, 3.05) is 46.9 Å². The second-order valence-corrected chi connectivity index (χ2v) is 6.62. The molecular weight excluding hydrogens is 310 g/mol. The van der Waals surface area contributed by atoms with E-state index >= 15 is 0 Å². The first-order valence-electron chi connectivity index (χ1n) is 8.69. The van der Waals surface area contributed by atoms with Crippen molar-refractivity contribution in [2.45, 2.75) is 38.5 Å².